The summed E-state index contributed by atoms with van der Waals surface area (Å²) in [6, 6.07) is 13.1. The zero-order valence-corrected chi connectivity index (χ0v) is 16.8. The van der Waals surface area contributed by atoms with Crippen molar-refractivity contribution in [2.75, 3.05) is 23.9 Å². The van der Waals surface area contributed by atoms with E-state index in [2.05, 4.69) is 0 Å². The van der Waals surface area contributed by atoms with Gasteiger partial charge < -0.3 is 4.90 Å². The van der Waals surface area contributed by atoms with Gasteiger partial charge in [-0.05, 0) is 62.6 Å². The second kappa shape index (κ2) is 8.31. The van der Waals surface area contributed by atoms with Crippen molar-refractivity contribution in [2.24, 2.45) is 0 Å². The summed E-state index contributed by atoms with van der Waals surface area (Å²) in [4.78, 5) is 14.7. The van der Waals surface area contributed by atoms with Gasteiger partial charge in [0.1, 0.15) is 6.54 Å². The molecule has 1 aliphatic rings. The number of hydrogen-bond acceptors (Lipinski definition) is 3. The fourth-order valence-corrected chi connectivity index (χ4v) is 4.67. The number of rotatable bonds is 5. The minimum atomic E-state index is -3.87. The highest BCUT2D eigenvalue weighted by Gasteiger charge is 2.29. The van der Waals surface area contributed by atoms with E-state index in [1.807, 2.05) is 6.92 Å². The van der Waals surface area contributed by atoms with Crippen molar-refractivity contribution in [3.05, 3.63) is 59.1 Å². The van der Waals surface area contributed by atoms with Gasteiger partial charge in [-0.1, -0.05) is 29.3 Å². The van der Waals surface area contributed by atoms with E-state index in [9.17, 15) is 13.2 Å². The predicted octanol–water partition coefficient (Wildman–Crippen LogP) is 3.86. The third kappa shape index (κ3) is 4.62. The van der Waals surface area contributed by atoms with Gasteiger partial charge >= 0.3 is 0 Å². The van der Waals surface area contributed by atoms with E-state index in [-0.39, 0.29) is 17.3 Å². The number of sulfonamides is 1. The summed E-state index contributed by atoms with van der Waals surface area (Å²) in [6.07, 6.45) is 3.02. The molecule has 0 N–H and O–H groups in total. The number of nitrogens with zero attached hydrogens (tertiary/aromatic N) is 2. The summed E-state index contributed by atoms with van der Waals surface area (Å²) in [7, 11) is -3.87. The van der Waals surface area contributed by atoms with E-state index < -0.39 is 10.0 Å². The van der Waals surface area contributed by atoms with Crippen molar-refractivity contribution in [1.82, 2.24) is 4.90 Å². The Bertz CT molecular complexity index is 890. The van der Waals surface area contributed by atoms with Crippen molar-refractivity contribution in [3.8, 4) is 0 Å². The molecule has 0 unspecified atom stereocenters. The summed E-state index contributed by atoms with van der Waals surface area (Å²) in [5, 5.41) is 0.508. The first-order valence-electron chi connectivity index (χ1n) is 9.01. The van der Waals surface area contributed by atoms with Gasteiger partial charge in [-0.3, -0.25) is 9.10 Å². The lowest BCUT2D eigenvalue weighted by Gasteiger charge is -2.30. The van der Waals surface area contributed by atoms with Gasteiger partial charge in [0.15, 0.2) is 0 Å². The molecule has 0 radical (unpaired) electrons. The van der Waals surface area contributed by atoms with Crippen LogP contribution in [0, 0.1) is 6.92 Å². The molecule has 1 aliphatic heterocycles. The van der Waals surface area contributed by atoms with Gasteiger partial charge in [-0.15, -0.1) is 0 Å². The lowest BCUT2D eigenvalue weighted by molar-refractivity contribution is -0.130. The second-order valence-electron chi connectivity index (χ2n) is 6.74. The van der Waals surface area contributed by atoms with E-state index >= 15 is 0 Å². The molecule has 0 spiro atoms. The monoisotopic (exact) mass is 406 g/mol. The first-order chi connectivity index (χ1) is 12.9. The summed E-state index contributed by atoms with van der Waals surface area (Å²) >= 11 is 5.95. The van der Waals surface area contributed by atoms with Gasteiger partial charge in [-0.25, -0.2) is 8.42 Å². The van der Waals surface area contributed by atoms with Crippen molar-refractivity contribution < 1.29 is 13.2 Å². The summed E-state index contributed by atoms with van der Waals surface area (Å²) in [5.74, 6) is -0.180. The number of likely N-dealkylation sites (tertiary alicyclic amines) is 1. The maximum atomic E-state index is 13.3. The summed E-state index contributed by atoms with van der Waals surface area (Å²) in [6.45, 7) is 3.03. The van der Waals surface area contributed by atoms with E-state index in [0.29, 0.717) is 23.8 Å². The number of anilines is 1. The highest BCUT2D eigenvalue weighted by Crippen LogP contribution is 2.26. The molecule has 0 aromatic heterocycles. The van der Waals surface area contributed by atoms with Crippen LogP contribution in [0.4, 0.5) is 5.69 Å². The molecule has 0 bridgehead atoms. The molecule has 7 heteroatoms. The third-order valence-corrected chi connectivity index (χ3v) is 6.75. The fraction of sp³-hybridized carbons (Fsp3) is 0.350. The molecule has 144 valence electrons. The number of halogens is 1. The Balaban J connectivity index is 1.95. The number of amides is 1. The van der Waals surface area contributed by atoms with Gasteiger partial charge in [0.2, 0.25) is 5.91 Å². The number of hydrogen-bond donors (Lipinski definition) is 0. The zero-order valence-electron chi connectivity index (χ0n) is 15.3. The summed E-state index contributed by atoms with van der Waals surface area (Å²) in [5.41, 5.74) is 1.39. The summed E-state index contributed by atoms with van der Waals surface area (Å²) < 4.78 is 27.7. The largest absolute Gasteiger partial charge is 0.341 e. The van der Waals surface area contributed by atoms with Crippen LogP contribution in [0.15, 0.2) is 53.4 Å². The standard InChI is InChI=1S/C20H23ClN2O3S/c1-16-5-11-19(12-6-16)27(25,26)23(18-9-7-17(21)8-10-18)15-20(24)22-13-3-2-4-14-22/h5-12H,2-4,13-15H2,1H3. The molecule has 0 atom stereocenters. The molecule has 3 rings (SSSR count). The van der Waals surface area contributed by atoms with Gasteiger partial charge in [-0.2, -0.15) is 0 Å². The third-order valence-electron chi connectivity index (χ3n) is 4.71. The maximum absolute atomic E-state index is 13.3. The van der Waals surface area contributed by atoms with E-state index in [4.69, 9.17) is 11.6 Å². The molecule has 27 heavy (non-hydrogen) atoms. The second-order valence-corrected chi connectivity index (χ2v) is 9.04. The van der Waals surface area contributed by atoms with Gasteiger partial charge in [0.25, 0.3) is 10.0 Å². The van der Waals surface area contributed by atoms with Crippen molar-refractivity contribution in [1.29, 1.82) is 0 Å². The van der Waals surface area contributed by atoms with Gasteiger partial charge in [0.05, 0.1) is 10.6 Å². The Morgan fingerprint density at radius 1 is 1.00 bits per heavy atom. The highest BCUT2D eigenvalue weighted by atomic mass is 35.5. The molecule has 1 fully saturated rings. The van der Waals surface area contributed by atoms with Crippen molar-refractivity contribution >= 4 is 33.2 Å². The van der Waals surface area contributed by atoms with Crippen LogP contribution in [-0.4, -0.2) is 38.9 Å². The number of piperidine rings is 1. The molecule has 2 aromatic carbocycles. The highest BCUT2D eigenvalue weighted by molar-refractivity contribution is 7.92. The molecule has 0 saturated carbocycles. The molecule has 5 nitrogen and oxygen atoms in total. The van der Waals surface area contributed by atoms with Gasteiger partial charge in [0, 0.05) is 18.1 Å². The first-order valence-corrected chi connectivity index (χ1v) is 10.8. The smallest absolute Gasteiger partial charge is 0.264 e. The number of carbonyl (C=O) groups excluding carboxylic acids is 1. The van der Waals surface area contributed by atoms with Crippen molar-refractivity contribution in [2.45, 2.75) is 31.1 Å². The van der Waals surface area contributed by atoms with E-state index in [1.165, 1.54) is 4.31 Å². The lowest BCUT2D eigenvalue weighted by atomic mass is 10.1. The Kier molecular flexibility index (Phi) is 6.07. The Labute approximate surface area is 165 Å². The Hall–Kier alpha value is -2.05. The molecular weight excluding hydrogens is 384 g/mol. The fourth-order valence-electron chi connectivity index (χ4n) is 3.13. The van der Waals surface area contributed by atoms with Crippen LogP contribution < -0.4 is 4.31 Å². The van der Waals surface area contributed by atoms with Crippen molar-refractivity contribution in [3.63, 3.8) is 0 Å². The zero-order chi connectivity index (χ0) is 19.4. The molecule has 1 heterocycles. The molecule has 0 aliphatic carbocycles. The quantitative estimate of drug-likeness (QED) is 0.757. The van der Waals surface area contributed by atoms with Crippen LogP contribution >= 0.6 is 11.6 Å². The lowest BCUT2D eigenvalue weighted by Crippen LogP contribution is -2.44. The van der Waals surface area contributed by atoms with Crippen LogP contribution in [0.3, 0.4) is 0 Å². The number of benzene rings is 2. The number of aryl methyl sites for hydroxylation is 1. The van der Waals surface area contributed by atoms with E-state index in [0.717, 1.165) is 24.8 Å². The SMILES string of the molecule is Cc1ccc(S(=O)(=O)N(CC(=O)N2CCCCC2)c2ccc(Cl)cc2)cc1. The average Bonchev–Trinajstić information content (AvgIpc) is 2.68. The Morgan fingerprint density at radius 2 is 1.59 bits per heavy atom. The van der Waals surface area contributed by atoms with Crippen LogP contribution in [0.2, 0.25) is 5.02 Å². The minimum Gasteiger partial charge on any atom is -0.341 e. The normalized spacial score (nSPS) is 14.8. The van der Waals surface area contributed by atoms with Crippen LogP contribution in [-0.2, 0) is 14.8 Å². The van der Waals surface area contributed by atoms with Crippen LogP contribution in [0.25, 0.3) is 0 Å². The van der Waals surface area contributed by atoms with Crippen LogP contribution in [0.1, 0.15) is 24.8 Å². The molecule has 1 saturated heterocycles. The van der Waals surface area contributed by atoms with E-state index in [1.54, 1.807) is 53.4 Å². The molecule has 2 aromatic rings. The maximum Gasteiger partial charge on any atom is 0.264 e. The topological polar surface area (TPSA) is 57.7 Å². The average molecular weight is 407 g/mol. The Morgan fingerprint density at radius 3 is 2.19 bits per heavy atom. The first kappa shape index (κ1) is 19.7. The predicted molar refractivity (Wildman–Crippen MR) is 108 cm³/mol. The minimum absolute atomic E-state index is 0.162. The number of carbonyl (C=O) groups is 1. The molecular formula is C20H23ClN2O3S. The van der Waals surface area contributed by atoms with Crippen LogP contribution in [0.5, 0.6) is 0 Å². The molecule has 1 amide bonds.